The molecule has 2 N–H and O–H groups in total. The highest BCUT2D eigenvalue weighted by Gasteiger charge is 2.10. The Hall–Kier alpha value is -3.13. The number of fused-ring (bicyclic) bond motifs is 1. The van der Waals surface area contributed by atoms with Crippen molar-refractivity contribution in [3.05, 3.63) is 60.0 Å². The summed E-state index contributed by atoms with van der Waals surface area (Å²) in [6.45, 7) is 0. The van der Waals surface area contributed by atoms with Crippen molar-refractivity contribution >= 4 is 22.5 Å². The fraction of sp³-hybridized carbons (Fsp3) is 0. The molecule has 0 aliphatic carbocycles. The van der Waals surface area contributed by atoms with Gasteiger partial charge in [-0.3, -0.25) is 4.79 Å². The number of benzene rings is 1. The highest BCUT2D eigenvalue weighted by Crippen LogP contribution is 2.22. The van der Waals surface area contributed by atoms with Crippen LogP contribution in [0.1, 0.15) is 16.1 Å². The zero-order chi connectivity index (χ0) is 13.9. The zero-order valence-corrected chi connectivity index (χ0v) is 10.4. The summed E-state index contributed by atoms with van der Waals surface area (Å²) in [5.74, 6) is -0.270. The Labute approximate surface area is 114 Å². The van der Waals surface area contributed by atoms with Gasteiger partial charge in [0.15, 0.2) is 0 Å². The second kappa shape index (κ2) is 4.86. The van der Waals surface area contributed by atoms with E-state index in [1.807, 2.05) is 30.3 Å². The molecule has 0 saturated heterocycles. The van der Waals surface area contributed by atoms with Gasteiger partial charge in [-0.05, 0) is 18.2 Å². The first-order valence-electron chi connectivity index (χ1n) is 6.01. The van der Waals surface area contributed by atoms with Crippen LogP contribution < -0.4 is 5.32 Å². The number of para-hydroxylation sites is 1. The lowest BCUT2D eigenvalue weighted by molar-refractivity contribution is 0.102. The van der Waals surface area contributed by atoms with E-state index < -0.39 is 0 Å². The summed E-state index contributed by atoms with van der Waals surface area (Å²) < 4.78 is 0. The molecule has 1 aromatic carbocycles. The number of carbonyl (C=O) groups excluding carboxylic acids is 1. The SMILES string of the molecule is N#Cc1cc(C(=O)Nc2c[nH]c3ccccc23)ccn1. The number of amides is 1. The van der Waals surface area contributed by atoms with Crippen molar-refractivity contribution in [1.82, 2.24) is 9.97 Å². The number of pyridine rings is 1. The van der Waals surface area contributed by atoms with Crippen LogP contribution in [0.5, 0.6) is 0 Å². The molecule has 2 heterocycles. The van der Waals surface area contributed by atoms with Crippen molar-refractivity contribution in [3.8, 4) is 6.07 Å². The molecule has 0 atom stereocenters. The van der Waals surface area contributed by atoms with Gasteiger partial charge >= 0.3 is 0 Å². The third-order valence-electron chi connectivity index (χ3n) is 2.97. The Morgan fingerprint density at radius 3 is 3.00 bits per heavy atom. The summed E-state index contributed by atoms with van der Waals surface area (Å²) in [5, 5.41) is 12.6. The van der Waals surface area contributed by atoms with E-state index in [2.05, 4.69) is 15.3 Å². The number of hydrogen-bond donors (Lipinski definition) is 2. The van der Waals surface area contributed by atoms with E-state index in [0.29, 0.717) is 11.3 Å². The maximum absolute atomic E-state index is 12.2. The zero-order valence-electron chi connectivity index (χ0n) is 10.4. The minimum atomic E-state index is -0.270. The molecule has 1 amide bonds. The minimum absolute atomic E-state index is 0.219. The molecule has 5 heteroatoms. The van der Waals surface area contributed by atoms with E-state index in [1.165, 1.54) is 12.3 Å². The van der Waals surface area contributed by atoms with Gasteiger partial charge in [0.05, 0.1) is 5.69 Å². The normalized spacial score (nSPS) is 10.2. The minimum Gasteiger partial charge on any atom is -0.359 e. The highest BCUT2D eigenvalue weighted by molar-refractivity contribution is 6.09. The lowest BCUT2D eigenvalue weighted by Gasteiger charge is -2.03. The predicted molar refractivity (Wildman–Crippen MR) is 75.2 cm³/mol. The number of anilines is 1. The lowest BCUT2D eigenvalue weighted by atomic mass is 10.2. The molecule has 0 fully saturated rings. The van der Waals surface area contributed by atoms with Gasteiger partial charge in [-0.15, -0.1) is 0 Å². The molecule has 0 aliphatic rings. The van der Waals surface area contributed by atoms with Crippen LogP contribution in [0.3, 0.4) is 0 Å². The van der Waals surface area contributed by atoms with E-state index in [4.69, 9.17) is 5.26 Å². The maximum Gasteiger partial charge on any atom is 0.255 e. The predicted octanol–water partition coefficient (Wildman–Crippen LogP) is 2.69. The Bertz CT molecular complexity index is 829. The summed E-state index contributed by atoms with van der Waals surface area (Å²) in [5.41, 5.74) is 2.29. The van der Waals surface area contributed by atoms with Crippen molar-refractivity contribution < 1.29 is 4.79 Å². The number of H-pyrrole nitrogens is 1. The largest absolute Gasteiger partial charge is 0.359 e. The van der Waals surface area contributed by atoms with Gasteiger partial charge in [-0.25, -0.2) is 4.98 Å². The van der Waals surface area contributed by atoms with Crippen molar-refractivity contribution in [2.75, 3.05) is 5.32 Å². The highest BCUT2D eigenvalue weighted by atomic mass is 16.1. The molecule has 3 aromatic rings. The number of carbonyl (C=O) groups is 1. The second-order valence-electron chi connectivity index (χ2n) is 4.24. The Kier molecular flexibility index (Phi) is 2.90. The number of nitrogens with zero attached hydrogens (tertiary/aromatic N) is 2. The van der Waals surface area contributed by atoms with Crippen LogP contribution in [-0.4, -0.2) is 15.9 Å². The van der Waals surface area contributed by atoms with Crippen LogP contribution in [-0.2, 0) is 0 Å². The fourth-order valence-corrected chi connectivity index (χ4v) is 2.00. The van der Waals surface area contributed by atoms with Crippen LogP contribution in [0.4, 0.5) is 5.69 Å². The van der Waals surface area contributed by atoms with Crippen LogP contribution in [0.2, 0.25) is 0 Å². The molecule has 0 spiro atoms. The van der Waals surface area contributed by atoms with E-state index in [-0.39, 0.29) is 11.6 Å². The molecule has 2 aromatic heterocycles. The molecule has 0 radical (unpaired) electrons. The number of nitriles is 1. The fourth-order valence-electron chi connectivity index (χ4n) is 2.00. The molecular weight excluding hydrogens is 252 g/mol. The average Bonchev–Trinajstić information content (AvgIpc) is 2.90. The van der Waals surface area contributed by atoms with E-state index >= 15 is 0 Å². The summed E-state index contributed by atoms with van der Waals surface area (Å²) in [7, 11) is 0. The molecular formula is C15H10N4O. The molecule has 0 bridgehead atoms. The van der Waals surface area contributed by atoms with Gasteiger partial charge in [-0.2, -0.15) is 5.26 Å². The number of aromatic amines is 1. The summed E-state index contributed by atoms with van der Waals surface area (Å²) in [6, 6.07) is 12.6. The third-order valence-corrected chi connectivity index (χ3v) is 2.97. The maximum atomic E-state index is 12.2. The summed E-state index contributed by atoms with van der Waals surface area (Å²) in [4.78, 5) is 19.1. The first-order chi connectivity index (χ1) is 9.78. The van der Waals surface area contributed by atoms with Crippen LogP contribution >= 0.6 is 0 Å². The van der Waals surface area contributed by atoms with Crippen LogP contribution in [0.15, 0.2) is 48.8 Å². The van der Waals surface area contributed by atoms with Gasteiger partial charge in [0.2, 0.25) is 0 Å². The number of nitrogens with one attached hydrogen (secondary N) is 2. The molecule has 5 nitrogen and oxygen atoms in total. The van der Waals surface area contributed by atoms with Crippen LogP contribution in [0.25, 0.3) is 10.9 Å². The van der Waals surface area contributed by atoms with Crippen molar-refractivity contribution in [3.63, 3.8) is 0 Å². The lowest BCUT2D eigenvalue weighted by Crippen LogP contribution is -2.11. The van der Waals surface area contributed by atoms with E-state index in [1.54, 1.807) is 12.3 Å². The summed E-state index contributed by atoms with van der Waals surface area (Å²) in [6.07, 6.45) is 3.19. The van der Waals surface area contributed by atoms with Crippen LogP contribution in [0, 0.1) is 11.3 Å². The first-order valence-corrected chi connectivity index (χ1v) is 6.01. The number of aromatic nitrogens is 2. The average molecular weight is 262 g/mol. The number of hydrogen-bond acceptors (Lipinski definition) is 3. The van der Waals surface area contributed by atoms with Crippen molar-refractivity contribution in [1.29, 1.82) is 5.26 Å². The number of rotatable bonds is 2. The topological polar surface area (TPSA) is 81.6 Å². The monoisotopic (exact) mass is 262 g/mol. The molecule has 20 heavy (non-hydrogen) atoms. The quantitative estimate of drug-likeness (QED) is 0.745. The van der Waals surface area contributed by atoms with Gasteiger partial charge in [0.25, 0.3) is 5.91 Å². The molecule has 3 rings (SSSR count). The van der Waals surface area contributed by atoms with E-state index in [9.17, 15) is 4.79 Å². The van der Waals surface area contributed by atoms with Crippen molar-refractivity contribution in [2.24, 2.45) is 0 Å². The smallest absolute Gasteiger partial charge is 0.255 e. The third kappa shape index (κ3) is 2.10. The molecule has 0 aliphatic heterocycles. The Morgan fingerprint density at radius 1 is 1.30 bits per heavy atom. The Balaban J connectivity index is 1.91. The van der Waals surface area contributed by atoms with Gasteiger partial charge in [0.1, 0.15) is 11.8 Å². The van der Waals surface area contributed by atoms with E-state index in [0.717, 1.165) is 10.9 Å². The van der Waals surface area contributed by atoms with Crippen molar-refractivity contribution in [2.45, 2.75) is 0 Å². The van der Waals surface area contributed by atoms with Gasteiger partial charge in [-0.1, -0.05) is 18.2 Å². The molecule has 96 valence electrons. The second-order valence-corrected chi connectivity index (χ2v) is 4.24. The Morgan fingerprint density at radius 2 is 2.15 bits per heavy atom. The summed E-state index contributed by atoms with van der Waals surface area (Å²) >= 11 is 0. The molecule has 0 unspecified atom stereocenters. The van der Waals surface area contributed by atoms with Gasteiger partial charge < -0.3 is 10.3 Å². The molecule has 0 saturated carbocycles. The van der Waals surface area contributed by atoms with Gasteiger partial charge in [0, 0.05) is 28.9 Å². The first kappa shape index (κ1) is 11.9. The standard InChI is InChI=1S/C15H10N4O/c16-8-11-7-10(5-6-17-11)15(20)19-14-9-18-13-4-2-1-3-12(13)14/h1-7,9,18H,(H,19,20).